The number of primary amides is 1. The molecule has 2 rings (SSSR count). The van der Waals surface area contributed by atoms with Crippen LogP contribution in [0.5, 0.6) is 5.75 Å². The number of hydrogen-bond donors (Lipinski definition) is 2. The van der Waals surface area contributed by atoms with E-state index < -0.39 is 12.1 Å². The zero-order chi connectivity index (χ0) is 13.0. The highest BCUT2D eigenvalue weighted by Gasteiger charge is 2.23. The van der Waals surface area contributed by atoms with E-state index in [1.807, 2.05) is 18.2 Å². The van der Waals surface area contributed by atoms with Crippen LogP contribution in [0, 0.1) is 0 Å². The van der Waals surface area contributed by atoms with E-state index in [1.54, 1.807) is 24.3 Å². The number of para-hydroxylation sites is 1. The van der Waals surface area contributed by atoms with Crippen molar-refractivity contribution >= 4 is 11.7 Å². The van der Waals surface area contributed by atoms with Gasteiger partial charge < -0.3 is 10.6 Å². The van der Waals surface area contributed by atoms with Crippen LogP contribution in [0.2, 0.25) is 0 Å². The quantitative estimate of drug-likeness (QED) is 0.627. The van der Waals surface area contributed by atoms with Crippen LogP contribution >= 0.6 is 0 Å². The van der Waals surface area contributed by atoms with Crippen LogP contribution in [0.4, 0.5) is 4.79 Å². The molecule has 0 bridgehead atoms. The number of urea groups is 1. The molecule has 0 radical (unpaired) electrons. The molecule has 6 nitrogen and oxygen atoms in total. The normalized spacial score (nSPS) is 20.1. The number of nitrogens with two attached hydrogens (primary N) is 1. The van der Waals surface area contributed by atoms with Crippen molar-refractivity contribution in [3.05, 3.63) is 42.5 Å². The Morgan fingerprint density at radius 1 is 1.44 bits per heavy atom. The predicted octanol–water partition coefficient (Wildman–Crippen LogP) is 1.52. The van der Waals surface area contributed by atoms with Crippen LogP contribution in [0.3, 0.4) is 0 Å². The molecule has 0 heterocycles. The van der Waals surface area contributed by atoms with Gasteiger partial charge in [-0.3, -0.25) is 5.21 Å². The molecule has 6 heteroatoms. The molecule has 1 aromatic rings. The second-order valence-corrected chi connectivity index (χ2v) is 3.80. The van der Waals surface area contributed by atoms with Gasteiger partial charge in [-0.05, 0) is 18.2 Å². The number of hydrogen-bond acceptors (Lipinski definition) is 4. The van der Waals surface area contributed by atoms with Crippen molar-refractivity contribution in [1.82, 2.24) is 5.06 Å². The maximum absolute atomic E-state index is 10.8. The molecule has 2 amide bonds. The van der Waals surface area contributed by atoms with Crippen molar-refractivity contribution in [1.29, 1.82) is 0 Å². The predicted molar refractivity (Wildman–Crippen MR) is 65.3 cm³/mol. The Bertz CT molecular complexity index is 485. The van der Waals surface area contributed by atoms with E-state index in [2.05, 4.69) is 5.16 Å². The fourth-order valence-corrected chi connectivity index (χ4v) is 1.56. The second kappa shape index (κ2) is 5.33. The summed E-state index contributed by atoms with van der Waals surface area (Å²) in [6, 6.07) is 7.73. The van der Waals surface area contributed by atoms with E-state index in [4.69, 9.17) is 10.6 Å². The summed E-state index contributed by atoms with van der Waals surface area (Å²) >= 11 is 0. The number of benzene rings is 1. The summed E-state index contributed by atoms with van der Waals surface area (Å²) < 4.78 is 0. The lowest BCUT2D eigenvalue weighted by Gasteiger charge is -2.17. The number of allylic oxidation sites excluding steroid dienone is 1. The first-order chi connectivity index (χ1) is 8.66. The van der Waals surface area contributed by atoms with E-state index in [1.165, 1.54) is 0 Å². The first-order valence-electron chi connectivity index (χ1n) is 5.41. The minimum Gasteiger partial charge on any atom is -0.357 e. The number of carbonyl (C=O) groups is 1. The van der Waals surface area contributed by atoms with Crippen LogP contribution < -0.4 is 10.6 Å². The van der Waals surface area contributed by atoms with E-state index in [0.717, 1.165) is 0 Å². The summed E-state index contributed by atoms with van der Waals surface area (Å²) in [6.45, 7) is 0. The van der Waals surface area contributed by atoms with Gasteiger partial charge in [0.2, 0.25) is 0 Å². The first kappa shape index (κ1) is 12.1. The summed E-state index contributed by atoms with van der Waals surface area (Å²) in [7, 11) is 0. The number of amides is 2. The number of nitrogens with zero attached hydrogens (tertiary/aromatic N) is 2. The third-order valence-corrected chi connectivity index (χ3v) is 2.48. The minimum absolute atomic E-state index is 0.367. The Morgan fingerprint density at radius 3 is 2.83 bits per heavy atom. The SMILES string of the molecule is NC(=O)N(O)[C@H]1C=CC(=NOc2ccccc2)C1. The lowest BCUT2D eigenvalue weighted by molar-refractivity contribution is -0.0583. The zero-order valence-corrected chi connectivity index (χ0v) is 9.56. The molecule has 18 heavy (non-hydrogen) atoms. The molecule has 0 saturated carbocycles. The van der Waals surface area contributed by atoms with Crippen LogP contribution in [0.1, 0.15) is 6.42 Å². The average molecular weight is 247 g/mol. The number of hydroxylamine groups is 2. The molecular weight excluding hydrogens is 234 g/mol. The maximum atomic E-state index is 10.8. The van der Waals surface area contributed by atoms with Gasteiger partial charge in [0, 0.05) is 6.42 Å². The van der Waals surface area contributed by atoms with E-state index in [-0.39, 0.29) is 0 Å². The smallest absolute Gasteiger partial charge is 0.339 e. The van der Waals surface area contributed by atoms with E-state index in [9.17, 15) is 10.0 Å². The standard InChI is InChI=1S/C12H13N3O3/c13-12(16)15(17)10-7-6-9(8-10)14-18-11-4-2-1-3-5-11/h1-7,10,17H,8H2,(H2,13,16)/t10-/m0/s1. The van der Waals surface area contributed by atoms with Gasteiger partial charge in [-0.25, -0.2) is 4.79 Å². The third kappa shape index (κ3) is 2.86. The summed E-state index contributed by atoms with van der Waals surface area (Å²) in [5, 5.41) is 13.7. The van der Waals surface area contributed by atoms with Crippen LogP contribution in [0.25, 0.3) is 0 Å². The Balaban J connectivity index is 1.94. The van der Waals surface area contributed by atoms with Crippen molar-refractivity contribution in [2.45, 2.75) is 12.5 Å². The molecule has 1 atom stereocenters. The van der Waals surface area contributed by atoms with Gasteiger partial charge in [0.25, 0.3) is 0 Å². The Labute approximate surface area is 104 Å². The summed E-state index contributed by atoms with van der Waals surface area (Å²) in [5.74, 6) is 0.623. The number of oxime groups is 1. The van der Waals surface area contributed by atoms with Gasteiger partial charge in [0.1, 0.15) is 0 Å². The zero-order valence-electron chi connectivity index (χ0n) is 9.56. The lowest BCUT2D eigenvalue weighted by Crippen LogP contribution is -2.39. The molecule has 0 spiro atoms. The molecule has 3 N–H and O–H groups in total. The van der Waals surface area contributed by atoms with Crippen molar-refractivity contribution in [2.24, 2.45) is 10.9 Å². The molecule has 0 aromatic heterocycles. The van der Waals surface area contributed by atoms with Crippen LogP contribution in [-0.4, -0.2) is 28.1 Å². The summed E-state index contributed by atoms with van der Waals surface area (Å²) in [4.78, 5) is 16.0. The topological polar surface area (TPSA) is 88.2 Å². The number of rotatable bonds is 3. The fourth-order valence-electron chi connectivity index (χ4n) is 1.56. The Morgan fingerprint density at radius 2 is 2.17 bits per heavy atom. The molecule has 0 saturated heterocycles. The van der Waals surface area contributed by atoms with Crippen LogP contribution in [-0.2, 0) is 0 Å². The van der Waals surface area contributed by atoms with Gasteiger partial charge in [0.05, 0.1) is 11.8 Å². The van der Waals surface area contributed by atoms with E-state index >= 15 is 0 Å². The fraction of sp³-hybridized carbons (Fsp3) is 0.167. The highest BCUT2D eigenvalue weighted by Crippen LogP contribution is 2.15. The minimum atomic E-state index is -0.894. The van der Waals surface area contributed by atoms with Crippen molar-refractivity contribution in [2.75, 3.05) is 0 Å². The van der Waals surface area contributed by atoms with Gasteiger partial charge >= 0.3 is 6.03 Å². The largest absolute Gasteiger partial charge is 0.357 e. The van der Waals surface area contributed by atoms with Crippen molar-refractivity contribution < 1.29 is 14.8 Å². The van der Waals surface area contributed by atoms with Crippen molar-refractivity contribution in [3.8, 4) is 5.75 Å². The molecule has 94 valence electrons. The third-order valence-electron chi connectivity index (χ3n) is 2.48. The molecule has 0 fully saturated rings. The van der Waals surface area contributed by atoms with Gasteiger partial charge in [-0.1, -0.05) is 29.4 Å². The summed E-state index contributed by atoms with van der Waals surface area (Å²) in [5.41, 5.74) is 5.59. The first-order valence-corrected chi connectivity index (χ1v) is 5.41. The van der Waals surface area contributed by atoms with Gasteiger partial charge in [-0.2, -0.15) is 5.06 Å². The molecular formula is C12H13N3O3. The van der Waals surface area contributed by atoms with Gasteiger partial charge in [-0.15, -0.1) is 0 Å². The highest BCUT2D eigenvalue weighted by atomic mass is 16.6. The molecule has 1 aliphatic rings. The molecule has 1 aromatic carbocycles. The maximum Gasteiger partial charge on any atom is 0.339 e. The molecule has 0 aliphatic heterocycles. The Hall–Kier alpha value is -2.34. The monoisotopic (exact) mass is 247 g/mol. The van der Waals surface area contributed by atoms with Gasteiger partial charge in [0.15, 0.2) is 5.75 Å². The summed E-state index contributed by atoms with van der Waals surface area (Å²) in [6.07, 6.45) is 3.68. The molecule has 0 unspecified atom stereocenters. The second-order valence-electron chi connectivity index (χ2n) is 3.80. The average Bonchev–Trinajstić information content (AvgIpc) is 2.85. The van der Waals surface area contributed by atoms with Crippen LogP contribution in [0.15, 0.2) is 47.6 Å². The van der Waals surface area contributed by atoms with Crippen molar-refractivity contribution in [3.63, 3.8) is 0 Å². The number of carbonyl (C=O) groups excluding carboxylic acids is 1. The van der Waals surface area contributed by atoms with E-state index in [0.29, 0.717) is 22.9 Å². The Kier molecular flexibility index (Phi) is 3.59. The molecule has 1 aliphatic carbocycles. The highest BCUT2D eigenvalue weighted by molar-refractivity contribution is 5.98. The lowest BCUT2D eigenvalue weighted by atomic mass is 10.2.